The third-order valence-corrected chi connectivity index (χ3v) is 3.43. The molecule has 0 spiro atoms. The highest BCUT2D eigenvalue weighted by atomic mass is 16.6. The number of nitrogens with one attached hydrogen (secondary N) is 1. The van der Waals surface area contributed by atoms with Gasteiger partial charge in [-0.05, 0) is 36.8 Å². The molecule has 0 heterocycles. The van der Waals surface area contributed by atoms with E-state index >= 15 is 0 Å². The second-order valence-corrected chi connectivity index (χ2v) is 5.27. The van der Waals surface area contributed by atoms with Gasteiger partial charge in [-0.1, -0.05) is 12.1 Å². The summed E-state index contributed by atoms with van der Waals surface area (Å²) >= 11 is 0. The summed E-state index contributed by atoms with van der Waals surface area (Å²) in [6, 6.07) is 10.4. The molecule has 1 amide bonds. The number of carboxylic acid groups (broad SMARTS) is 1. The minimum Gasteiger partial charge on any atom is -0.484 e. The molecule has 2 aromatic carbocycles. The van der Waals surface area contributed by atoms with Gasteiger partial charge in [-0.3, -0.25) is 14.9 Å². The van der Waals surface area contributed by atoms with Gasteiger partial charge in [-0.2, -0.15) is 0 Å². The summed E-state index contributed by atoms with van der Waals surface area (Å²) < 4.78 is 5.31. The van der Waals surface area contributed by atoms with Crippen LogP contribution in [0.4, 0.5) is 5.69 Å². The first-order valence-corrected chi connectivity index (χ1v) is 7.33. The molecule has 8 nitrogen and oxygen atoms in total. The number of nitro benzene ring substituents is 1. The van der Waals surface area contributed by atoms with E-state index in [0.717, 1.165) is 5.56 Å². The number of benzene rings is 2. The maximum Gasteiger partial charge on any atom is 0.335 e. The lowest BCUT2D eigenvalue weighted by Gasteiger charge is -2.08. The molecule has 0 aliphatic rings. The Balaban J connectivity index is 1.83. The first kappa shape index (κ1) is 17.9. The van der Waals surface area contributed by atoms with Crippen molar-refractivity contribution in [1.82, 2.24) is 5.32 Å². The fraction of sp³-hybridized carbons (Fsp3) is 0.176. The van der Waals surface area contributed by atoms with Crippen LogP contribution in [0.15, 0.2) is 42.5 Å². The van der Waals surface area contributed by atoms with Crippen molar-refractivity contribution >= 4 is 17.6 Å². The van der Waals surface area contributed by atoms with Crippen molar-refractivity contribution in [3.05, 3.63) is 69.3 Å². The second-order valence-electron chi connectivity index (χ2n) is 5.27. The number of nitrogens with zero attached hydrogens (tertiary/aromatic N) is 1. The molecular weight excluding hydrogens is 328 g/mol. The smallest absolute Gasteiger partial charge is 0.335 e. The van der Waals surface area contributed by atoms with E-state index in [0.29, 0.717) is 11.3 Å². The Kier molecular flexibility index (Phi) is 5.67. The Bertz CT molecular complexity index is 801. The van der Waals surface area contributed by atoms with E-state index < -0.39 is 10.9 Å². The first-order chi connectivity index (χ1) is 11.9. The number of carbonyl (C=O) groups is 2. The summed E-state index contributed by atoms with van der Waals surface area (Å²) in [5.74, 6) is -1.01. The fourth-order valence-corrected chi connectivity index (χ4v) is 2.09. The van der Waals surface area contributed by atoms with Crippen molar-refractivity contribution in [2.75, 3.05) is 6.61 Å². The third kappa shape index (κ3) is 5.03. The Labute approximate surface area is 143 Å². The van der Waals surface area contributed by atoms with Crippen LogP contribution in [-0.4, -0.2) is 28.5 Å². The van der Waals surface area contributed by atoms with Crippen molar-refractivity contribution in [2.45, 2.75) is 13.5 Å². The highest BCUT2D eigenvalue weighted by molar-refractivity contribution is 5.87. The van der Waals surface area contributed by atoms with Crippen LogP contribution >= 0.6 is 0 Å². The van der Waals surface area contributed by atoms with E-state index in [1.165, 1.54) is 30.3 Å². The van der Waals surface area contributed by atoms with Crippen molar-refractivity contribution in [3.8, 4) is 5.75 Å². The minimum atomic E-state index is -1.01. The van der Waals surface area contributed by atoms with Gasteiger partial charge in [0.15, 0.2) is 6.61 Å². The number of amides is 1. The predicted molar refractivity (Wildman–Crippen MR) is 88.6 cm³/mol. The molecule has 0 aliphatic heterocycles. The molecule has 2 aromatic rings. The van der Waals surface area contributed by atoms with Crippen LogP contribution in [0.3, 0.4) is 0 Å². The molecule has 0 atom stereocenters. The lowest BCUT2D eigenvalue weighted by Crippen LogP contribution is -2.28. The van der Waals surface area contributed by atoms with E-state index in [2.05, 4.69) is 5.32 Å². The Morgan fingerprint density at radius 1 is 1.20 bits per heavy atom. The number of hydrogen-bond acceptors (Lipinski definition) is 5. The molecule has 2 N–H and O–H groups in total. The highest BCUT2D eigenvalue weighted by Crippen LogP contribution is 2.22. The molecule has 0 unspecified atom stereocenters. The van der Waals surface area contributed by atoms with Gasteiger partial charge < -0.3 is 15.2 Å². The SMILES string of the molecule is Cc1cc(OCC(=O)NCc2ccc(C(=O)O)cc2)ccc1[N+](=O)[O-]. The molecule has 130 valence electrons. The van der Waals surface area contributed by atoms with Gasteiger partial charge in [0, 0.05) is 18.2 Å². The van der Waals surface area contributed by atoms with E-state index in [1.807, 2.05) is 0 Å². The first-order valence-electron chi connectivity index (χ1n) is 7.33. The van der Waals surface area contributed by atoms with Crippen LogP contribution in [0.1, 0.15) is 21.5 Å². The minimum absolute atomic E-state index is 0.0124. The zero-order valence-corrected chi connectivity index (χ0v) is 13.4. The van der Waals surface area contributed by atoms with Crippen LogP contribution in [0.5, 0.6) is 5.75 Å². The molecule has 0 bridgehead atoms. The van der Waals surface area contributed by atoms with Gasteiger partial charge in [-0.15, -0.1) is 0 Å². The van der Waals surface area contributed by atoms with Gasteiger partial charge in [0.25, 0.3) is 11.6 Å². The molecule has 0 radical (unpaired) electrons. The second kappa shape index (κ2) is 7.91. The lowest BCUT2D eigenvalue weighted by molar-refractivity contribution is -0.385. The largest absolute Gasteiger partial charge is 0.484 e. The van der Waals surface area contributed by atoms with Gasteiger partial charge in [0.1, 0.15) is 5.75 Å². The van der Waals surface area contributed by atoms with Gasteiger partial charge in [0.05, 0.1) is 10.5 Å². The maximum atomic E-state index is 11.8. The summed E-state index contributed by atoms with van der Waals surface area (Å²) in [6.45, 7) is 1.59. The van der Waals surface area contributed by atoms with Gasteiger partial charge in [-0.25, -0.2) is 4.79 Å². The molecular formula is C17H16N2O6. The average Bonchev–Trinajstić information content (AvgIpc) is 2.58. The summed E-state index contributed by atoms with van der Waals surface area (Å²) in [5.41, 5.74) is 1.36. The quantitative estimate of drug-likeness (QED) is 0.587. The number of carboxylic acids is 1. The van der Waals surface area contributed by atoms with Crippen LogP contribution in [0, 0.1) is 17.0 Å². The number of nitro groups is 1. The molecule has 25 heavy (non-hydrogen) atoms. The molecule has 0 aliphatic carbocycles. The summed E-state index contributed by atoms with van der Waals surface area (Å²) in [4.78, 5) is 32.8. The fourth-order valence-electron chi connectivity index (χ4n) is 2.09. The zero-order valence-electron chi connectivity index (χ0n) is 13.4. The molecule has 0 saturated carbocycles. The van der Waals surface area contributed by atoms with Crippen molar-refractivity contribution in [1.29, 1.82) is 0 Å². The number of carbonyl (C=O) groups excluding carboxylic acids is 1. The number of ether oxygens (including phenoxy) is 1. The summed E-state index contributed by atoms with van der Waals surface area (Å²) in [5, 5.41) is 22.2. The zero-order chi connectivity index (χ0) is 18.4. The van der Waals surface area contributed by atoms with Crippen molar-refractivity contribution in [2.24, 2.45) is 0 Å². The number of hydrogen-bond donors (Lipinski definition) is 2. The Morgan fingerprint density at radius 3 is 2.44 bits per heavy atom. The van der Waals surface area contributed by atoms with Crippen LogP contribution in [0.2, 0.25) is 0 Å². The number of aryl methyl sites for hydroxylation is 1. The molecule has 0 aromatic heterocycles. The summed E-state index contributed by atoms with van der Waals surface area (Å²) in [7, 11) is 0. The van der Waals surface area contributed by atoms with Gasteiger partial charge >= 0.3 is 5.97 Å². The van der Waals surface area contributed by atoms with Crippen molar-refractivity contribution in [3.63, 3.8) is 0 Å². The van der Waals surface area contributed by atoms with Crippen LogP contribution in [0.25, 0.3) is 0 Å². The average molecular weight is 344 g/mol. The molecule has 8 heteroatoms. The monoisotopic (exact) mass is 344 g/mol. The Hall–Kier alpha value is -3.42. The van der Waals surface area contributed by atoms with E-state index in [1.54, 1.807) is 19.1 Å². The molecule has 0 saturated heterocycles. The van der Waals surface area contributed by atoms with Gasteiger partial charge in [0.2, 0.25) is 0 Å². The Morgan fingerprint density at radius 2 is 1.88 bits per heavy atom. The van der Waals surface area contributed by atoms with Crippen molar-refractivity contribution < 1.29 is 24.4 Å². The maximum absolute atomic E-state index is 11.8. The van der Waals surface area contributed by atoms with E-state index in [4.69, 9.17) is 9.84 Å². The molecule has 0 fully saturated rings. The standard InChI is InChI=1S/C17H16N2O6/c1-11-8-14(6-7-15(11)19(23)24)25-10-16(20)18-9-12-2-4-13(5-3-12)17(21)22/h2-8H,9-10H2,1H3,(H,18,20)(H,21,22). The third-order valence-electron chi connectivity index (χ3n) is 3.43. The number of aromatic carboxylic acids is 1. The van der Waals surface area contributed by atoms with Crippen LogP contribution < -0.4 is 10.1 Å². The van der Waals surface area contributed by atoms with E-state index in [9.17, 15) is 19.7 Å². The normalized spacial score (nSPS) is 10.1. The van der Waals surface area contributed by atoms with E-state index in [-0.39, 0.29) is 30.3 Å². The predicted octanol–water partition coefficient (Wildman–Crippen LogP) is 2.30. The highest BCUT2D eigenvalue weighted by Gasteiger charge is 2.11. The molecule has 2 rings (SSSR count). The lowest BCUT2D eigenvalue weighted by atomic mass is 10.1. The van der Waals surface area contributed by atoms with Crippen LogP contribution in [-0.2, 0) is 11.3 Å². The topological polar surface area (TPSA) is 119 Å². The summed E-state index contributed by atoms with van der Waals surface area (Å²) in [6.07, 6.45) is 0. The number of rotatable bonds is 7.